The smallest absolute Gasteiger partial charge is 0.265 e. The SMILES string of the molecule is CCC(c1ccc([N+](=O)[O-])cc1)C(C[N+](=O)[O-])c1ccccc1. The van der Waals surface area contributed by atoms with E-state index in [2.05, 4.69) is 0 Å². The van der Waals surface area contributed by atoms with Crippen LogP contribution in [0.4, 0.5) is 5.69 Å². The van der Waals surface area contributed by atoms with E-state index in [0.717, 1.165) is 11.1 Å². The molecule has 0 radical (unpaired) electrons. The van der Waals surface area contributed by atoms with Crippen molar-refractivity contribution in [2.75, 3.05) is 6.54 Å². The molecule has 6 heteroatoms. The molecule has 120 valence electrons. The maximum atomic E-state index is 11.1. The van der Waals surface area contributed by atoms with Crippen molar-refractivity contribution in [3.8, 4) is 0 Å². The van der Waals surface area contributed by atoms with Gasteiger partial charge < -0.3 is 0 Å². The standard InChI is InChI=1S/C17H18N2O4/c1-2-16(14-8-10-15(11-9-14)19(22)23)17(12-18(20)21)13-6-4-3-5-7-13/h3-11,16-17H,2,12H2,1H3. The van der Waals surface area contributed by atoms with E-state index in [9.17, 15) is 20.2 Å². The molecule has 6 nitrogen and oxygen atoms in total. The van der Waals surface area contributed by atoms with E-state index >= 15 is 0 Å². The minimum Gasteiger partial charge on any atom is -0.265 e. The van der Waals surface area contributed by atoms with Crippen LogP contribution in [0.25, 0.3) is 0 Å². The molecule has 0 aliphatic heterocycles. The van der Waals surface area contributed by atoms with Gasteiger partial charge in [0, 0.05) is 17.1 Å². The van der Waals surface area contributed by atoms with Gasteiger partial charge in [-0.1, -0.05) is 49.4 Å². The van der Waals surface area contributed by atoms with E-state index in [1.165, 1.54) is 12.1 Å². The molecule has 2 aromatic rings. The zero-order chi connectivity index (χ0) is 16.8. The first-order valence-electron chi connectivity index (χ1n) is 7.44. The average Bonchev–Trinajstić information content (AvgIpc) is 2.55. The molecule has 0 aliphatic rings. The van der Waals surface area contributed by atoms with Gasteiger partial charge in [0.25, 0.3) is 5.69 Å². The number of nitrogens with zero attached hydrogens (tertiary/aromatic N) is 2. The van der Waals surface area contributed by atoms with Crippen LogP contribution >= 0.6 is 0 Å². The van der Waals surface area contributed by atoms with Gasteiger partial charge in [0.05, 0.1) is 10.8 Å². The summed E-state index contributed by atoms with van der Waals surface area (Å²) in [5, 5.41) is 21.9. The molecule has 2 unspecified atom stereocenters. The van der Waals surface area contributed by atoms with Crippen LogP contribution in [0.3, 0.4) is 0 Å². The highest BCUT2D eigenvalue weighted by Crippen LogP contribution is 2.36. The van der Waals surface area contributed by atoms with Gasteiger partial charge in [-0.3, -0.25) is 20.2 Å². The molecule has 0 fully saturated rings. The van der Waals surface area contributed by atoms with Crippen molar-refractivity contribution in [3.63, 3.8) is 0 Å². The first kappa shape index (κ1) is 16.6. The Balaban J connectivity index is 2.37. The summed E-state index contributed by atoms with van der Waals surface area (Å²) in [6.45, 7) is 1.81. The monoisotopic (exact) mass is 314 g/mol. The first-order chi connectivity index (χ1) is 11.0. The van der Waals surface area contributed by atoms with Gasteiger partial charge in [-0.05, 0) is 23.5 Å². The lowest BCUT2D eigenvalue weighted by Crippen LogP contribution is -2.20. The van der Waals surface area contributed by atoms with E-state index in [0.29, 0.717) is 6.42 Å². The Bertz CT molecular complexity index is 671. The zero-order valence-electron chi connectivity index (χ0n) is 12.8. The lowest BCUT2D eigenvalue weighted by Gasteiger charge is -2.24. The third-order valence-electron chi connectivity index (χ3n) is 4.03. The lowest BCUT2D eigenvalue weighted by molar-refractivity contribution is -0.484. The van der Waals surface area contributed by atoms with Crippen molar-refractivity contribution in [2.24, 2.45) is 0 Å². The zero-order valence-corrected chi connectivity index (χ0v) is 12.8. The summed E-state index contributed by atoms with van der Waals surface area (Å²) in [6, 6.07) is 15.7. The van der Waals surface area contributed by atoms with E-state index in [1.54, 1.807) is 12.1 Å². The van der Waals surface area contributed by atoms with Gasteiger partial charge in [0.15, 0.2) is 0 Å². The van der Waals surface area contributed by atoms with E-state index in [-0.39, 0.29) is 29.0 Å². The fourth-order valence-corrected chi connectivity index (χ4v) is 2.92. The molecule has 0 heterocycles. The highest BCUT2D eigenvalue weighted by molar-refractivity contribution is 5.36. The molecule has 0 N–H and O–H groups in total. The first-order valence-corrected chi connectivity index (χ1v) is 7.44. The van der Waals surface area contributed by atoms with Crippen LogP contribution in [0.15, 0.2) is 54.6 Å². The maximum absolute atomic E-state index is 11.1. The Morgan fingerprint density at radius 3 is 1.91 bits per heavy atom. The second-order valence-corrected chi connectivity index (χ2v) is 5.40. The molecule has 2 atom stereocenters. The van der Waals surface area contributed by atoms with Crippen LogP contribution < -0.4 is 0 Å². The quantitative estimate of drug-likeness (QED) is 0.567. The predicted octanol–water partition coefficient (Wildman–Crippen LogP) is 4.15. The van der Waals surface area contributed by atoms with Gasteiger partial charge in [-0.15, -0.1) is 0 Å². The third kappa shape index (κ3) is 4.12. The van der Waals surface area contributed by atoms with Gasteiger partial charge >= 0.3 is 0 Å². The summed E-state index contributed by atoms with van der Waals surface area (Å²) in [5.74, 6) is -0.332. The van der Waals surface area contributed by atoms with Crippen LogP contribution in [0.2, 0.25) is 0 Å². The van der Waals surface area contributed by atoms with Crippen LogP contribution in [-0.2, 0) is 0 Å². The van der Waals surface area contributed by atoms with Crippen molar-refractivity contribution in [1.29, 1.82) is 0 Å². The van der Waals surface area contributed by atoms with Gasteiger partial charge in [0.2, 0.25) is 6.54 Å². The summed E-state index contributed by atoms with van der Waals surface area (Å²) >= 11 is 0. The molecule has 0 spiro atoms. The summed E-state index contributed by atoms with van der Waals surface area (Å²) in [5.41, 5.74) is 1.82. The van der Waals surface area contributed by atoms with E-state index in [1.807, 2.05) is 37.3 Å². The minimum atomic E-state index is -0.448. The number of benzene rings is 2. The second kappa shape index (κ2) is 7.49. The normalized spacial score (nSPS) is 13.3. The molecule has 2 aromatic carbocycles. The van der Waals surface area contributed by atoms with E-state index < -0.39 is 4.92 Å². The summed E-state index contributed by atoms with van der Waals surface area (Å²) in [6.07, 6.45) is 0.714. The number of nitro groups is 2. The van der Waals surface area contributed by atoms with Gasteiger partial charge in [0.1, 0.15) is 0 Å². The molecule has 0 aromatic heterocycles. The Kier molecular flexibility index (Phi) is 5.41. The Morgan fingerprint density at radius 1 is 0.870 bits per heavy atom. The number of rotatable bonds is 7. The molecule has 2 rings (SSSR count). The maximum Gasteiger partial charge on any atom is 0.269 e. The highest BCUT2D eigenvalue weighted by Gasteiger charge is 2.28. The van der Waals surface area contributed by atoms with Crippen molar-refractivity contribution >= 4 is 5.69 Å². The number of non-ortho nitro benzene ring substituents is 1. The fourth-order valence-electron chi connectivity index (χ4n) is 2.92. The Hall–Kier alpha value is -2.76. The lowest BCUT2D eigenvalue weighted by atomic mass is 9.80. The summed E-state index contributed by atoms with van der Waals surface area (Å²) < 4.78 is 0. The molecule has 23 heavy (non-hydrogen) atoms. The molecular weight excluding hydrogens is 296 g/mol. The average molecular weight is 314 g/mol. The van der Waals surface area contributed by atoms with Crippen molar-refractivity contribution in [2.45, 2.75) is 25.2 Å². The number of hydrogen-bond acceptors (Lipinski definition) is 4. The molecule has 0 aliphatic carbocycles. The topological polar surface area (TPSA) is 86.3 Å². The molecule has 0 saturated heterocycles. The summed E-state index contributed by atoms with van der Waals surface area (Å²) in [4.78, 5) is 21.1. The van der Waals surface area contributed by atoms with Gasteiger partial charge in [-0.2, -0.15) is 0 Å². The fraction of sp³-hybridized carbons (Fsp3) is 0.294. The van der Waals surface area contributed by atoms with E-state index in [4.69, 9.17) is 0 Å². The second-order valence-electron chi connectivity index (χ2n) is 5.40. The number of nitro benzene ring substituents is 1. The third-order valence-corrected chi connectivity index (χ3v) is 4.03. The van der Waals surface area contributed by atoms with Crippen molar-refractivity contribution in [3.05, 3.63) is 86.0 Å². The number of hydrogen-bond donors (Lipinski definition) is 0. The van der Waals surface area contributed by atoms with Crippen molar-refractivity contribution < 1.29 is 9.85 Å². The molecule has 0 amide bonds. The van der Waals surface area contributed by atoms with Crippen molar-refractivity contribution in [1.82, 2.24) is 0 Å². The largest absolute Gasteiger partial charge is 0.269 e. The predicted molar refractivity (Wildman–Crippen MR) is 87.2 cm³/mol. The van der Waals surface area contributed by atoms with Crippen LogP contribution in [-0.4, -0.2) is 16.4 Å². The summed E-state index contributed by atoms with van der Waals surface area (Å²) in [7, 11) is 0. The van der Waals surface area contributed by atoms with Gasteiger partial charge in [-0.25, -0.2) is 0 Å². The molecule has 0 bridgehead atoms. The van der Waals surface area contributed by atoms with Crippen LogP contribution in [0.1, 0.15) is 36.3 Å². The highest BCUT2D eigenvalue weighted by atomic mass is 16.6. The Morgan fingerprint density at radius 2 is 1.43 bits per heavy atom. The van der Waals surface area contributed by atoms with Crippen LogP contribution in [0.5, 0.6) is 0 Å². The molecule has 0 saturated carbocycles. The molecular formula is C17H18N2O4. The minimum absolute atomic E-state index is 0.0224. The Labute approximate surface area is 134 Å². The van der Waals surface area contributed by atoms with Crippen LogP contribution in [0, 0.1) is 20.2 Å².